The SMILES string of the molecule is C[C@@H](O)c1cc(F)ccc1N1CCCOc2ccccc21. The van der Waals surface area contributed by atoms with E-state index in [9.17, 15) is 9.50 Å². The number of fused-ring (bicyclic) bond motifs is 1. The smallest absolute Gasteiger partial charge is 0.142 e. The summed E-state index contributed by atoms with van der Waals surface area (Å²) in [5.74, 6) is 0.477. The van der Waals surface area contributed by atoms with Crippen molar-refractivity contribution in [1.29, 1.82) is 0 Å². The number of ether oxygens (including phenoxy) is 1. The lowest BCUT2D eigenvalue weighted by molar-refractivity contribution is 0.199. The minimum absolute atomic E-state index is 0.339. The van der Waals surface area contributed by atoms with Gasteiger partial charge in [0.05, 0.1) is 18.4 Å². The summed E-state index contributed by atoms with van der Waals surface area (Å²) < 4.78 is 19.2. The molecule has 110 valence electrons. The molecule has 1 N–H and O–H groups in total. The van der Waals surface area contributed by atoms with Gasteiger partial charge in [0.1, 0.15) is 11.6 Å². The Morgan fingerprint density at radius 2 is 2.00 bits per heavy atom. The molecule has 1 heterocycles. The van der Waals surface area contributed by atoms with Crippen molar-refractivity contribution in [3.63, 3.8) is 0 Å². The molecule has 2 aromatic carbocycles. The second-order valence-electron chi connectivity index (χ2n) is 5.20. The fraction of sp³-hybridized carbons (Fsp3) is 0.294. The Hall–Kier alpha value is -2.07. The molecule has 0 spiro atoms. The van der Waals surface area contributed by atoms with Crippen molar-refractivity contribution < 1.29 is 14.2 Å². The summed E-state index contributed by atoms with van der Waals surface area (Å²) in [5.41, 5.74) is 2.36. The standard InChI is InChI=1S/C17H18FNO2/c1-12(20)14-11-13(18)7-8-15(14)19-9-4-10-21-17-6-3-2-5-16(17)19/h2-3,5-8,11-12,20H,4,9-10H2,1H3/t12-/m1/s1. The molecule has 0 bridgehead atoms. The highest BCUT2D eigenvalue weighted by Crippen LogP contribution is 2.38. The highest BCUT2D eigenvalue weighted by Gasteiger charge is 2.21. The highest BCUT2D eigenvalue weighted by molar-refractivity contribution is 5.72. The Morgan fingerprint density at radius 3 is 2.81 bits per heavy atom. The number of rotatable bonds is 2. The largest absolute Gasteiger partial charge is 0.491 e. The van der Waals surface area contributed by atoms with Crippen LogP contribution in [0.3, 0.4) is 0 Å². The van der Waals surface area contributed by atoms with Gasteiger partial charge in [-0.05, 0) is 43.7 Å². The van der Waals surface area contributed by atoms with Crippen LogP contribution in [0.4, 0.5) is 15.8 Å². The zero-order valence-corrected chi connectivity index (χ0v) is 11.9. The number of nitrogens with zero attached hydrogens (tertiary/aromatic N) is 1. The monoisotopic (exact) mass is 287 g/mol. The predicted octanol–water partition coefficient (Wildman–Crippen LogP) is 3.80. The molecule has 0 aliphatic carbocycles. The number of anilines is 2. The van der Waals surface area contributed by atoms with Gasteiger partial charge in [0.15, 0.2) is 0 Å². The van der Waals surface area contributed by atoms with E-state index in [0.29, 0.717) is 12.2 Å². The van der Waals surface area contributed by atoms with E-state index in [0.717, 1.165) is 30.1 Å². The van der Waals surface area contributed by atoms with Crippen molar-refractivity contribution in [3.05, 3.63) is 53.8 Å². The molecule has 0 saturated heterocycles. The molecule has 21 heavy (non-hydrogen) atoms. The van der Waals surface area contributed by atoms with Crippen molar-refractivity contribution in [3.8, 4) is 5.75 Å². The number of halogens is 1. The maximum absolute atomic E-state index is 13.5. The third-order valence-corrected chi connectivity index (χ3v) is 3.67. The van der Waals surface area contributed by atoms with Gasteiger partial charge in [0, 0.05) is 17.8 Å². The third kappa shape index (κ3) is 2.72. The number of hydrogen-bond acceptors (Lipinski definition) is 3. The van der Waals surface area contributed by atoms with Crippen molar-refractivity contribution >= 4 is 11.4 Å². The molecule has 1 atom stereocenters. The zero-order valence-electron chi connectivity index (χ0n) is 11.9. The van der Waals surface area contributed by atoms with Crippen LogP contribution in [-0.2, 0) is 0 Å². The van der Waals surface area contributed by atoms with E-state index in [1.165, 1.54) is 12.1 Å². The Bertz CT molecular complexity index is 642. The molecule has 0 amide bonds. The molecule has 0 fully saturated rings. The van der Waals surface area contributed by atoms with Gasteiger partial charge in [-0.25, -0.2) is 4.39 Å². The van der Waals surface area contributed by atoms with Crippen LogP contribution in [0.1, 0.15) is 25.0 Å². The van der Waals surface area contributed by atoms with E-state index in [1.54, 1.807) is 13.0 Å². The van der Waals surface area contributed by atoms with Gasteiger partial charge >= 0.3 is 0 Å². The van der Waals surface area contributed by atoms with E-state index in [4.69, 9.17) is 4.74 Å². The third-order valence-electron chi connectivity index (χ3n) is 3.67. The van der Waals surface area contributed by atoms with Gasteiger partial charge in [-0.3, -0.25) is 0 Å². The fourth-order valence-electron chi connectivity index (χ4n) is 2.68. The van der Waals surface area contributed by atoms with Crippen LogP contribution in [0.15, 0.2) is 42.5 Å². The quantitative estimate of drug-likeness (QED) is 0.912. The van der Waals surface area contributed by atoms with Crippen LogP contribution in [0, 0.1) is 5.82 Å². The molecular weight excluding hydrogens is 269 g/mol. The first-order valence-electron chi connectivity index (χ1n) is 7.13. The molecule has 3 rings (SSSR count). The molecule has 1 aliphatic heterocycles. The van der Waals surface area contributed by atoms with Crippen LogP contribution in [0.25, 0.3) is 0 Å². The summed E-state index contributed by atoms with van der Waals surface area (Å²) >= 11 is 0. The maximum atomic E-state index is 13.5. The van der Waals surface area contributed by atoms with E-state index in [2.05, 4.69) is 4.90 Å². The van der Waals surface area contributed by atoms with Crippen LogP contribution < -0.4 is 9.64 Å². The first kappa shape index (κ1) is 13.9. The minimum Gasteiger partial charge on any atom is -0.491 e. The van der Waals surface area contributed by atoms with Crippen LogP contribution in [0.5, 0.6) is 5.75 Å². The second-order valence-corrected chi connectivity index (χ2v) is 5.20. The van der Waals surface area contributed by atoms with Crippen molar-refractivity contribution in [2.75, 3.05) is 18.1 Å². The molecule has 2 aromatic rings. The summed E-state index contributed by atoms with van der Waals surface area (Å²) in [6.07, 6.45) is 0.137. The maximum Gasteiger partial charge on any atom is 0.142 e. The average Bonchev–Trinajstić information content (AvgIpc) is 2.69. The number of aliphatic hydroxyl groups is 1. The molecule has 0 aromatic heterocycles. The Labute approximate surface area is 123 Å². The summed E-state index contributed by atoms with van der Waals surface area (Å²) in [4.78, 5) is 2.09. The predicted molar refractivity (Wildman–Crippen MR) is 80.6 cm³/mol. The molecular formula is C17H18FNO2. The van der Waals surface area contributed by atoms with Gasteiger partial charge in [-0.15, -0.1) is 0 Å². The van der Waals surface area contributed by atoms with Crippen LogP contribution in [-0.4, -0.2) is 18.3 Å². The Kier molecular flexibility index (Phi) is 3.80. The van der Waals surface area contributed by atoms with Gasteiger partial charge in [-0.2, -0.15) is 0 Å². The number of benzene rings is 2. The van der Waals surface area contributed by atoms with Gasteiger partial charge < -0.3 is 14.7 Å². The molecule has 3 nitrogen and oxygen atoms in total. The molecule has 0 radical (unpaired) electrons. The van der Waals surface area contributed by atoms with E-state index in [-0.39, 0.29) is 5.82 Å². The van der Waals surface area contributed by atoms with E-state index < -0.39 is 6.10 Å². The molecule has 0 saturated carbocycles. The van der Waals surface area contributed by atoms with E-state index >= 15 is 0 Å². The lowest BCUT2D eigenvalue weighted by Gasteiger charge is -2.27. The summed E-state index contributed by atoms with van der Waals surface area (Å²) in [7, 11) is 0. The van der Waals surface area contributed by atoms with Crippen LogP contribution in [0.2, 0.25) is 0 Å². The Balaban J connectivity index is 2.12. The molecule has 1 aliphatic rings. The average molecular weight is 287 g/mol. The number of para-hydroxylation sites is 2. The van der Waals surface area contributed by atoms with Crippen molar-refractivity contribution in [1.82, 2.24) is 0 Å². The number of aliphatic hydroxyl groups excluding tert-OH is 1. The Morgan fingerprint density at radius 1 is 1.19 bits per heavy atom. The van der Waals surface area contributed by atoms with Crippen LogP contribution >= 0.6 is 0 Å². The second kappa shape index (κ2) is 5.74. The zero-order chi connectivity index (χ0) is 14.8. The topological polar surface area (TPSA) is 32.7 Å². The summed E-state index contributed by atoms with van der Waals surface area (Å²) in [6.45, 7) is 3.07. The van der Waals surface area contributed by atoms with Crippen molar-refractivity contribution in [2.24, 2.45) is 0 Å². The highest BCUT2D eigenvalue weighted by atomic mass is 19.1. The molecule has 4 heteroatoms. The number of hydrogen-bond donors (Lipinski definition) is 1. The van der Waals surface area contributed by atoms with Gasteiger partial charge in [0.25, 0.3) is 0 Å². The lowest BCUT2D eigenvalue weighted by atomic mass is 10.1. The summed E-state index contributed by atoms with van der Waals surface area (Å²) in [6, 6.07) is 12.3. The first-order chi connectivity index (χ1) is 10.2. The normalized spacial score (nSPS) is 15.9. The lowest BCUT2D eigenvalue weighted by Crippen LogP contribution is -2.19. The van der Waals surface area contributed by atoms with Crippen molar-refractivity contribution in [2.45, 2.75) is 19.4 Å². The summed E-state index contributed by atoms with van der Waals surface area (Å²) in [5, 5.41) is 9.95. The van der Waals surface area contributed by atoms with Gasteiger partial charge in [0.2, 0.25) is 0 Å². The fourth-order valence-corrected chi connectivity index (χ4v) is 2.68. The first-order valence-corrected chi connectivity index (χ1v) is 7.13. The minimum atomic E-state index is -0.730. The molecule has 0 unspecified atom stereocenters. The van der Waals surface area contributed by atoms with Gasteiger partial charge in [-0.1, -0.05) is 12.1 Å². The van der Waals surface area contributed by atoms with E-state index in [1.807, 2.05) is 24.3 Å².